The number of piperidine rings is 2. The first-order chi connectivity index (χ1) is 30.5. The van der Waals surface area contributed by atoms with Crippen LogP contribution in [-0.4, -0.2) is 133 Å². The van der Waals surface area contributed by atoms with Gasteiger partial charge in [-0.05, 0) is 88.6 Å². The van der Waals surface area contributed by atoms with Gasteiger partial charge in [0, 0.05) is 43.0 Å². The number of nitrogens with one attached hydrogen (secondary N) is 2. The van der Waals surface area contributed by atoms with Crippen LogP contribution in [0.15, 0.2) is 47.4 Å². The number of imide groups is 2. The molecule has 2 saturated heterocycles. The zero-order chi connectivity index (χ0) is 46.5. The standard InChI is InChI=1S/C43H48F2N6O9S.CH2O2/c1-48(2)21-28-31(58-4)18-24(19-32(28)59-5)27-22-49(3)40(55)26-20-33(61-37(26)27)39(54)46-34-14-16-50(23-43(34,44)45)15-7-6-8-17-60-30-11-9-10-25-36(30)42(57)51(41(25)56)29-12-13-35(52)47-38(29)53;2-1-3/h9-11,18-20,22,29,34H,6-8,12-17,21,23H2,1-5H3,(H,46,54)(H,47,52,53);1H,(H,2,3). The van der Waals surface area contributed by atoms with Crippen LogP contribution in [0.3, 0.4) is 0 Å². The smallest absolute Gasteiger partial charge is 0.290 e. The van der Waals surface area contributed by atoms with Gasteiger partial charge in [0.25, 0.3) is 35.7 Å². The number of unbranched alkanes of at least 4 members (excludes halogenated alkanes) is 2. The molecular weight excluding hydrogens is 859 g/mol. The maximum absolute atomic E-state index is 15.6. The minimum atomic E-state index is -3.21. The van der Waals surface area contributed by atoms with Gasteiger partial charge in [-0.3, -0.25) is 48.7 Å². The molecule has 0 saturated carbocycles. The predicted molar refractivity (Wildman–Crippen MR) is 231 cm³/mol. The van der Waals surface area contributed by atoms with Gasteiger partial charge < -0.3 is 34.1 Å². The molecule has 3 N–H and O–H groups in total. The topological polar surface area (TPSA) is 206 Å². The van der Waals surface area contributed by atoms with E-state index in [1.165, 1.54) is 16.7 Å². The summed E-state index contributed by atoms with van der Waals surface area (Å²) < 4.78 is 50.5. The summed E-state index contributed by atoms with van der Waals surface area (Å²) in [6, 6.07) is 7.34. The zero-order valence-corrected chi connectivity index (χ0v) is 36.9. The predicted octanol–water partition coefficient (Wildman–Crippen LogP) is 4.14. The van der Waals surface area contributed by atoms with E-state index < -0.39 is 54.1 Å². The second-order valence-electron chi connectivity index (χ2n) is 15.9. The van der Waals surface area contributed by atoms with Gasteiger partial charge in [0.15, 0.2) is 0 Å². The SMILES string of the molecule is COc1cc(-c2cn(C)c(=O)c3cc(C(=O)NC4CCN(CCCCCOc5cccc6c5C(=O)N(C5CCC(=O)NC5=O)C6=O)CC4(F)F)sc23)cc(OC)c1CN(C)C.O=CO. The van der Waals surface area contributed by atoms with E-state index >= 15 is 8.78 Å². The molecule has 2 atom stereocenters. The number of aryl methyl sites for hydroxylation is 1. The van der Waals surface area contributed by atoms with Crippen molar-refractivity contribution < 1.29 is 56.9 Å². The molecule has 7 rings (SSSR count). The number of halogens is 2. The van der Waals surface area contributed by atoms with Crippen LogP contribution in [0.4, 0.5) is 8.78 Å². The number of rotatable bonds is 15. The average Bonchev–Trinajstić information content (AvgIpc) is 3.81. The van der Waals surface area contributed by atoms with E-state index in [9.17, 15) is 28.8 Å². The molecule has 2 unspecified atom stereocenters. The van der Waals surface area contributed by atoms with Gasteiger partial charge in [-0.15, -0.1) is 11.3 Å². The van der Waals surface area contributed by atoms with Gasteiger partial charge in [0.2, 0.25) is 11.8 Å². The summed E-state index contributed by atoms with van der Waals surface area (Å²) in [6.07, 6.45) is 3.55. The van der Waals surface area contributed by atoms with Crippen LogP contribution in [0.2, 0.25) is 0 Å². The summed E-state index contributed by atoms with van der Waals surface area (Å²) in [5.74, 6) is -4.93. The van der Waals surface area contributed by atoms with Crippen molar-refractivity contribution in [1.29, 1.82) is 0 Å². The number of thiophene rings is 1. The normalized spacial score (nSPS) is 18.3. The Labute approximate surface area is 370 Å². The monoisotopic (exact) mass is 908 g/mol. The van der Waals surface area contributed by atoms with Crippen molar-refractivity contribution in [2.24, 2.45) is 7.05 Å². The Morgan fingerprint density at radius 1 is 1.00 bits per heavy atom. The molecule has 64 heavy (non-hydrogen) atoms. The Kier molecular flexibility index (Phi) is 14.8. The van der Waals surface area contributed by atoms with Gasteiger partial charge in [-0.25, -0.2) is 8.78 Å². The number of carbonyl (C=O) groups is 6. The Balaban J connectivity index is 0.00000220. The molecule has 17 nitrogen and oxygen atoms in total. The summed E-state index contributed by atoms with van der Waals surface area (Å²) in [5, 5.41) is 11.9. The fourth-order valence-corrected chi connectivity index (χ4v) is 9.27. The molecule has 342 valence electrons. The molecule has 0 spiro atoms. The number of nitrogens with zero attached hydrogens (tertiary/aromatic N) is 4. The van der Waals surface area contributed by atoms with Crippen LogP contribution in [0.1, 0.15) is 74.5 Å². The van der Waals surface area contributed by atoms with Crippen LogP contribution in [-0.2, 0) is 28.0 Å². The number of methoxy groups -OCH3 is 2. The lowest BCUT2D eigenvalue weighted by Crippen LogP contribution is -2.58. The number of alkyl halides is 2. The first-order valence-electron chi connectivity index (χ1n) is 20.5. The molecule has 3 aliphatic rings. The molecule has 2 fully saturated rings. The van der Waals surface area contributed by atoms with Crippen molar-refractivity contribution in [2.45, 2.75) is 63.1 Å². The number of fused-ring (bicyclic) bond motifs is 2. The van der Waals surface area contributed by atoms with Crippen molar-refractivity contribution in [3.63, 3.8) is 0 Å². The second kappa shape index (κ2) is 20.1. The van der Waals surface area contributed by atoms with E-state index in [4.69, 9.17) is 24.1 Å². The van der Waals surface area contributed by atoms with E-state index in [2.05, 4.69) is 10.6 Å². The molecule has 2 aromatic heterocycles. The maximum Gasteiger partial charge on any atom is 0.290 e. The summed E-state index contributed by atoms with van der Waals surface area (Å²) in [5.41, 5.74) is 2.07. The summed E-state index contributed by atoms with van der Waals surface area (Å²) >= 11 is 1.07. The van der Waals surface area contributed by atoms with Gasteiger partial charge in [0.05, 0.1) is 60.4 Å². The first kappa shape index (κ1) is 47.2. The highest BCUT2D eigenvalue weighted by Gasteiger charge is 2.47. The fraction of sp³-hybridized carbons (Fsp3) is 0.432. The summed E-state index contributed by atoms with van der Waals surface area (Å²) in [6.45, 7) is 0.728. The average molecular weight is 909 g/mol. The number of benzene rings is 2. The molecule has 0 bridgehead atoms. The minimum Gasteiger partial charge on any atom is -0.496 e. The lowest BCUT2D eigenvalue weighted by atomic mass is 10.00. The molecule has 4 aromatic rings. The Morgan fingerprint density at radius 3 is 2.34 bits per heavy atom. The number of carboxylic acid groups (broad SMARTS) is 1. The number of hydrogen-bond acceptors (Lipinski definition) is 13. The van der Waals surface area contributed by atoms with Crippen LogP contribution in [0.25, 0.3) is 21.2 Å². The Bertz CT molecular complexity index is 2500. The number of hydrogen-bond donors (Lipinski definition) is 3. The summed E-state index contributed by atoms with van der Waals surface area (Å²) in [7, 11) is 8.61. The fourth-order valence-electron chi connectivity index (χ4n) is 8.19. The van der Waals surface area contributed by atoms with Crippen LogP contribution in [0.5, 0.6) is 17.2 Å². The third-order valence-corrected chi connectivity index (χ3v) is 12.4. The summed E-state index contributed by atoms with van der Waals surface area (Å²) in [4.78, 5) is 90.3. The van der Waals surface area contributed by atoms with Crippen LogP contribution in [0, 0.1) is 0 Å². The molecular formula is C44H50F2N6O11S. The van der Waals surface area contributed by atoms with Gasteiger partial charge in [-0.1, -0.05) is 6.07 Å². The lowest BCUT2D eigenvalue weighted by Gasteiger charge is -2.38. The third-order valence-electron chi connectivity index (χ3n) is 11.3. The van der Waals surface area contributed by atoms with E-state index in [-0.39, 0.29) is 59.7 Å². The van der Waals surface area contributed by atoms with E-state index in [0.717, 1.165) is 21.8 Å². The minimum absolute atomic E-state index is 0.0143. The number of amides is 5. The Hall–Kier alpha value is -6.25. The highest BCUT2D eigenvalue weighted by Crippen LogP contribution is 2.40. The number of pyridine rings is 1. The molecule has 0 radical (unpaired) electrons. The number of likely N-dealkylation sites (tertiary alicyclic amines) is 1. The quantitative estimate of drug-likeness (QED) is 0.0873. The van der Waals surface area contributed by atoms with Crippen molar-refractivity contribution in [2.75, 3.05) is 54.6 Å². The zero-order valence-electron chi connectivity index (χ0n) is 36.0. The molecule has 0 aliphatic carbocycles. The largest absolute Gasteiger partial charge is 0.496 e. The van der Waals surface area contributed by atoms with Crippen molar-refractivity contribution in [3.05, 3.63) is 74.5 Å². The van der Waals surface area contributed by atoms with Gasteiger partial charge in [-0.2, -0.15) is 0 Å². The van der Waals surface area contributed by atoms with Crippen molar-refractivity contribution in [3.8, 4) is 28.4 Å². The lowest BCUT2D eigenvalue weighted by molar-refractivity contribution is -0.136. The van der Waals surface area contributed by atoms with E-state index in [1.807, 2.05) is 31.1 Å². The number of ether oxygens (including phenoxy) is 3. The molecule has 5 heterocycles. The Morgan fingerprint density at radius 2 is 1.70 bits per heavy atom. The number of carbonyl (C=O) groups excluding carboxylic acids is 5. The van der Waals surface area contributed by atoms with E-state index in [1.54, 1.807) is 44.5 Å². The van der Waals surface area contributed by atoms with Crippen molar-refractivity contribution in [1.82, 2.24) is 29.9 Å². The third kappa shape index (κ3) is 9.93. The van der Waals surface area contributed by atoms with Gasteiger partial charge >= 0.3 is 0 Å². The van der Waals surface area contributed by atoms with E-state index in [0.29, 0.717) is 71.6 Å². The second-order valence-corrected chi connectivity index (χ2v) is 17.0. The maximum atomic E-state index is 15.6. The van der Waals surface area contributed by atoms with Crippen LogP contribution < -0.4 is 30.4 Å². The molecule has 5 amide bonds. The van der Waals surface area contributed by atoms with Crippen LogP contribution >= 0.6 is 11.3 Å². The first-order valence-corrected chi connectivity index (χ1v) is 21.3. The van der Waals surface area contributed by atoms with Crippen molar-refractivity contribution >= 4 is 57.4 Å². The number of aromatic nitrogens is 1. The highest BCUT2D eigenvalue weighted by molar-refractivity contribution is 7.21. The molecule has 20 heteroatoms. The van der Waals surface area contributed by atoms with Gasteiger partial charge in [0.1, 0.15) is 23.3 Å². The molecule has 3 aliphatic heterocycles. The highest BCUT2D eigenvalue weighted by atomic mass is 32.1. The molecule has 2 aromatic carbocycles.